The molecule has 2 aliphatic rings. The Bertz CT molecular complexity index is 445. The Morgan fingerprint density at radius 3 is 2.76 bits per heavy atom. The van der Waals surface area contributed by atoms with E-state index in [4.69, 9.17) is 4.74 Å². The quantitative estimate of drug-likeness (QED) is 0.845. The van der Waals surface area contributed by atoms with Crippen molar-refractivity contribution in [3.05, 3.63) is 30.1 Å². The fourth-order valence-corrected chi connectivity index (χ4v) is 4.13. The molecule has 4 heteroatoms. The number of rotatable bonds is 6. The van der Waals surface area contributed by atoms with E-state index in [1.165, 1.54) is 25.7 Å². The first-order valence-electron chi connectivity index (χ1n) is 8.19. The normalized spacial score (nSPS) is 28.5. The number of pyridine rings is 1. The SMILES string of the molecule is CCOC1CC(NCC(O)c2ccncc2)C12CCCC2. The first-order chi connectivity index (χ1) is 10.3. The molecule has 0 radical (unpaired) electrons. The van der Waals surface area contributed by atoms with E-state index in [9.17, 15) is 5.11 Å². The van der Waals surface area contributed by atoms with E-state index in [-0.39, 0.29) is 0 Å². The predicted octanol–water partition coefficient (Wildman–Crippen LogP) is 2.44. The molecule has 4 nitrogen and oxygen atoms in total. The molecular weight excluding hydrogens is 264 g/mol. The minimum absolute atomic E-state index is 0.327. The van der Waals surface area contributed by atoms with Gasteiger partial charge in [0.05, 0.1) is 12.2 Å². The summed E-state index contributed by atoms with van der Waals surface area (Å²) in [7, 11) is 0. The van der Waals surface area contributed by atoms with Gasteiger partial charge in [0.2, 0.25) is 0 Å². The lowest BCUT2D eigenvalue weighted by atomic mass is 9.60. The van der Waals surface area contributed by atoms with Crippen molar-refractivity contribution >= 4 is 0 Å². The maximum atomic E-state index is 10.3. The van der Waals surface area contributed by atoms with E-state index in [2.05, 4.69) is 17.2 Å². The van der Waals surface area contributed by atoms with Crippen LogP contribution in [0.1, 0.15) is 50.7 Å². The zero-order chi connectivity index (χ0) is 14.7. The van der Waals surface area contributed by atoms with Gasteiger partial charge in [-0.3, -0.25) is 4.98 Å². The number of nitrogens with zero attached hydrogens (tertiary/aromatic N) is 1. The molecule has 0 amide bonds. The van der Waals surface area contributed by atoms with Gasteiger partial charge in [0.15, 0.2) is 0 Å². The maximum absolute atomic E-state index is 10.3. The van der Waals surface area contributed by atoms with Crippen LogP contribution >= 0.6 is 0 Å². The lowest BCUT2D eigenvalue weighted by molar-refractivity contribution is -0.131. The number of nitrogens with one attached hydrogen (secondary N) is 1. The van der Waals surface area contributed by atoms with Crippen LogP contribution in [0.5, 0.6) is 0 Å². The Morgan fingerprint density at radius 2 is 2.10 bits per heavy atom. The fourth-order valence-electron chi connectivity index (χ4n) is 4.13. The van der Waals surface area contributed by atoms with Crippen LogP contribution in [-0.4, -0.2) is 35.4 Å². The van der Waals surface area contributed by atoms with Gasteiger partial charge in [0.1, 0.15) is 0 Å². The van der Waals surface area contributed by atoms with Gasteiger partial charge in [-0.2, -0.15) is 0 Å². The van der Waals surface area contributed by atoms with Gasteiger partial charge in [-0.1, -0.05) is 12.8 Å². The number of aromatic nitrogens is 1. The standard InChI is InChI=1S/C17H26N2O2/c1-2-21-16-11-15(17(16)7-3-4-8-17)19-12-14(20)13-5-9-18-10-6-13/h5-6,9-10,14-16,19-20H,2-4,7-8,11-12H2,1H3. The zero-order valence-corrected chi connectivity index (χ0v) is 12.8. The minimum Gasteiger partial charge on any atom is -0.387 e. The lowest BCUT2D eigenvalue weighted by Crippen LogP contribution is -2.63. The van der Waals surface area contributed by atoms with Crippen LogP contribution in [0.2, 0.25) is 0 Å². The van der Waals surface area contributed by atoms with Gasteiger partial charge < -0.3 is 15.2 Å². The molecule has 0 aliphatic heterocycles. The van der Waals surface area contributed by atoms with E-state index in [1.54, 1.807) is 12.4 Å². The minimum atomic E-state index is -0.461. The molecule has 3 rings (SSSR count). The Labute approximate surface area is 126 Å². The second-order valence-corrected chi connectivity index (χ2v) is 6.38. The van der Waals surface area contributed by atoms with Gasteiger partial charge >= 0.3 is 0 Å². The number of aliphatic hydroxyl groups excluding tert-OH is 1. The molecule has 1 heterocycles. The highest BCUT2D eigenvalue weighted by atomic mass is 16.5. The van der Waals surface area contributed by atoms with E-state index in [1.807, 2.05) is 12.1 Å². The molecule has 1 aromatic heterocycles. The van der Waals surface area contributed by atoms with Gasteiger partial charge in [-0.05, 0) is 43.9 Å². The monoisotopic (exact) mass is 290 g/mol. The second kappa shape index (κ2) is 6.42. The van der Waals surface area contributed by atoms with Crippen molar-refractivity contribution < 1.29 is 9.84 Å². The average Bonchev–Trinajstić information content (AvgIpc) is 3.03. The Morgan fingerprint density at radius 1 is 1.38 bits per heavy atom. The molecular formula is C17H26N2O2. The molecule has 2 aliphatic carbocycles. The third-order valence-electron chi connectivity index (χ3n) is 5.34. The lowest BCUT2D eigenvalue weighted by Gasteiger charge is -2.54. The third kappa shape index (κ3) is 2.85. The summed E-state index contributed by atoms with van der Waals surface area (Å²) in [6.45, 7) is 3.49. The van der Waals surface area contributed by atoms with Crippen molar-refractivity contribution in [3.8, 4) is 0 Å². The number of ether oxygens (including phenoxy) is 1. The van der Waals surface area contributed by atoms with Crippen molar-refractivity contribution in [2.24, 2.45) is 5.41 Å². The van der Waals surface area contributed by atoms with Gasteiger partial charge in [0, 0.05) is 37.0 Å². The van der Waals surface area contributed by atoms with Crippen LogP contribution in [0.15, 0.2) is 24.5 Å². The molecule has 116 valence electrons. The van der Waals surface area contributed by atoms with Crippen LogP contribution in [0.3, 0.4) is 0 Å². The molecule has 0 aromatic carbocycles. The first kappa shape index (κ1) is 14.9. The highest BCUT2D eigenvalue weighted by molar-refractivity contribution is 5.14. The van der Waals surface area contributed by atoms with Crippen LogP contribution in [0, 0.1) is 5.41 Å². The molecule has 21 heavy (non-hydrogen) atoms. The van der Waals surface area contributed by atoms with E-state index in [0.29, 0.717) is 24.1 Å². The van der Waals surface area contributed by atoms with Gasteiger partial charge in [-0.15, -0.1) is 0 Å². The summed E-state index contributed by atoms with van der Waals surface area (Å²) < 4.78 is 5.93. The topological polar surface area (TPSA) is 54.4 Å². The molecule has 3 unspecified atom stereocenters. The summed E-state index contributed by atoms with van der Waals surface area (Å²) in [6, 6.07) is 4.25. The van der Waals surface area contributed by atoms with Gasteiger partial charge in [-0.25, -0.2) is 0 Å². The Hall–Kier alpha value is -0.970. The molecule has 1 aromatic rings. The molecule has 3 atom stereocenters. The first-order valence-corrected chi connectivity index (χ1v) is 8.19. The summed E-state index contributed by atoms with van der Waals surface area (Å²) in [5.41, 5.74) is 1.26. The van der Waals surface area contributed by atoms with Gasteiger partial charge in [0.25, 0.3) is 0 Å². The van der Waals surface area contributed by atoms with E-state index < -0.39 is 6.10 Å². The summed E-state index contributed by atoms with van der Waals surface area (Å²) in [6.07, 6.45) is 9.65. The molecule has 0 saturated heterocycles. The highest BCUT2D eigenvalue weighted by Crippen LogP contribution is 2.54. The molecule has 0 bridgehead atoms. The van der Waals surface area contributed by atoms with Crippen molar-refractivity contribution in [3.63, 3.8) is 0 Å². The van der Waals surface area contributed by atoms with Crippen molar-refractivity contribution in [2.75, 3.05) is 13.2 Å². The summed E-state index contributed by atoms with van der Waals surface area (Å²) in [4.78, 5) is 3.99. The average molecular weight is 290 g/mol. The van der Waals surface area contributed by atoms with E-state index >= 15 is 0 Å². The van der Waals surface area contributed by atoms with Crippen LogP contribution in [0.25, 0.3) is 0 Å². The maximum Gasteiger partial charge on any atom is 0.0915 e. The smallest absolute Gasteiger partial charge is 0.0915 e. The third-order valence-corrected chi connectivity index (χ3v) is 5.34. The number of hydrogen-bond donors (Lipinski definition) is 2. The largest absolute Gasteiger partial charge is 0.387 e. The predicted molar refractivity (Wildman–Crippen MR) is 81.9 cm³/mol. The fraction of sp³-hybridized carbons (Fsp3) is 0.706. The highest BCUT2D eigenvalue weighted by Gasteiger charge is 2.56. The summed E-state index contributed by atoms with van der Waals surface area (Å²) in [5, 5.41) is 13.9. The molecule has 2 fully saturated rings. The number of aliphatic hydroxyl groups is 1. The van der Waals surface area contributed by atoms with Crippen molar-refractivity contribution in [2.45, 2.75) is 57.3 Å². The summed E-state index contributed by atoms with van der Waals surface area (Å²) in [5.74, 6) is 0. The second-order valence-electron chi connectivity index (χ2n) is 6.38. The van der Waals surface area contributed by atoms with E-state index in [0.717, 1.165) is 18.6 Å². The molecule has 1 spiro atoms. The molecule has 2 N–H and O–H groups in total. The Balaban J connectivity index is 1.56. The molecule has 2 saturated carbocycles. The zero-order valence-electron chi connectivity index (χ0n) is 12.8. The number of hydrogen-bond acceptors (Lipinski definition) is 4. The van der Waals surface area contributed by atoms with Crippen LogP contribution in [-0.2, 0) is 4.74 Å². The van der Waals surface area contributed by atoms with Crippen LogP contribution < -0.4 is 5.32 Å². The Kier molecular flexibility index (Phi) is 4.57. The van der Waals surface area contributed by atoms with Crippen molar-refractivity contribution in [1.29, 1.82) is 0 Å². The summed E-state index contributed by atoms with van der Waals surface area (Å²) >= 11 is 0. The van der Waals surface area contributed by atoms with Crippen molar-refractivity contribution in [1.82, 2.24) is 10.3 Å². The van der Waals surface area contributed by atoms with Crippen LogP contribution in [0.4, 0.5) is 0 Å².